The minimum Gasteiger partial charge on any atom is -0.368 e. The second-order valence-electron chi connectivity index (χ2n) is 6.29. The van der Waals surface area contributed by atoms with Gasteiger partial charge >= 0.3 is 0 Å². The van der Waals surface area contributed by atoms with Gasteiger partial charge in [0.05, 0.1) is 5.69 Å². The highest BCUT2D eigenvalue weighted by molar-refractivity contribution is 5.81. The molecule has 0 aromatic carbocycles. The quantitative estimate of drug-likeness (QED) is 0.826. The van der Waals surface area contributed by atoms with E-state index in [2.05, 4.69) is 9.97 Å². The molecule has 1 amide bonds. The summed E-state index contributed by atoms with van der Waals surface area (Å²) >= 11 is 0. The van der Waals surface area contributed by atoms with Gasteiger partial charge in [-0.05, 0) is 37.7 Å². The first-order chi connectivity index (χ1) is 10.3. The Labute approximate surface area is 124 Å². The maximum absolute atomic E-state index is 12.5. The van der Waals surface area contributed by atoms with E-state index in [1.165, 1.54) is 24.1 Å². The molecule has 1 aliphatic carbocycles. The number of carbonyl (C=O) groups excluding carboxylic acids is 1. The van der Waals surface area contributed by atoms with Crippen molar-refractivity contribution in [3.8, 4) is 0 Å². The zero-order valence-electron chi connectivity index (χ0n) is 12.3. The van der Waals surface area contributed by atoms with Crippen LogP contribution in [0.4, 0.5) is 0 Å². The molecular formula is C16H21N3O2. The van der Waals surface area contributed by atoms with E-state index in [1.54, 1.807) is 6.33 Å². The molecule has 21 heavy (non-hydrogen) atoms. The van der Waals surface area contributed by atoms with Gasteiger partial charge in [-0.3, -0.25) is 4.79 Å². The SMILES string of the molecule is O=C([C@@H]1CCCO1)N1CCc2ncnc(C3CC3)c2CC1. The molecule has 2 fully saturated rings. The monoisotopic (exact) mass is 287 g/mol. The van der Waals surface area contributed by atoms with Crippen LogP contribution in [-0.2, 0) is 22.4 Å². The highest BCUT2D eigenvalue weighted by atomic mass is 16.5. The summed E-state index contributed by atoms with van der Waals surface area (Å²) in [5.74, 6) is 0.809. The Morgan fingerprint density at radius 2 is 2.05 bits per heavy atom. The van der Waals surface area contributed by atoms with Crippen molar-refractivity contribution in [2.75, 3.05) is 19.7 Å². The van der Waals surface area contributed by atoms with Gasteiger partial charge in [0, 0.05) is 37.7 Å². The van der Waals surface area contributed by atoms with Crippen LogP contribution >= 0.6 is 0 Å². The number of rotatable bonds is 2. The van der Waals surface area contributed by atoms with Crippen molar-refractivity contribution in [1.29, 1.82) is 0 Å². The predicted molar refractivity (Wildman–Crippen MR) is 77.0 cm³/mol. The first-order valence-electron chi connectivity index (χ1n) is 8.06. The number of fused-ring (bicyclic) bond motifs is 1. The third-order valence-corrected chi connectivity index (χ3v) is 4.80. The maximum Gasteiger partial charge on any atom is 0.251 e. The smallest absolute Gasteiger partial charge is 0.251 e. The molecule has 0 unspecified atom stereocenters. The highest BCUT2D eigenvalue weighted by Gasteiger charge is 2.32. The van der Waals surface area contributed by atoms with Crippen molar-refractivity contribution in [3.05, 3.63) is 23.3 Å². The Morgan fingerprint density at radius 1 is 1.19 bits per heavy atom. The summed E-state index contributed by atoms with van der Waals surface area (Å²) in [6.07, 6.45) is 7.60. The van der Waals surface area contributed by atoms with Crippen LogP contribution in [-0.4, -0.2) is 46.6 Å². The van der Waals surface area contributed by atoms with Crippen molar-refractivity contribution in [1.82, 2.24) is 14.9 Å². The number of carbonyl (C=O) groups is 1. The summed E-state index contributed by atoms with van der Waals surface area (Å²) in [6.45, 7) is 2.26. The Hall–Kier alpha value is -1.49. The van der Waals surface area contributed by atoms with Crippen LogP contribution in [0.25, 0.3) is 0 Å². The lowest BCUT2D eigenvalue weighted by molar-refractivity contribution is -0.140. The topological polar surface area (TPSA) is 55.3 Å². The Balaban J connectivity index is 1.51. The molecule has 1 atom stereocenters. The summed E-state index contributed by atoms with van der Waals surface area (Å²) in [4.78, 5) is 23.4. The first-order valence-corrected chi connectivity index (χ1v) is 8.06. The largest absolute Gasteiger partial charge is 0.368 e. The van der Waals surface area contributed by atoms with Crippen LogP contribution in [0.3, 0.4) is 0 Å². The molecule has 5 heteroatoms. The summed E-state index contributed by atoms with van der Waals surface area (Å²) in [5.41, 5.74) is 3.70. The van der Waals surface area contributed by atoms with Crippen molar-refractivity contribution < 1.29 is 9.53 Å². The maximum atomic E-state index is 12.5. The third kappa shape index (κ3) is 2.55. The number of aromatic nitrogens is 2. The Morgan fingerprint density at radius 3 is 2.81 bits per heavy atom. The van der Waals surface area contributed by atoms with Gasteiger partial charge in [0.2, 0.25) is 0 Å². The minimum atomic E-state index is -0.208. The standard InChI is InChI=1S/C16H21N3O2/c20-16(14-2-1-9-21-14)19-7-5-12-13(6-8-19)17-10-18-15(12)11-3-4-11/h10-11,14H,1-9H2/t14-/m0/s1. The molecule has 1 aromatic heterocycles. The number of hydrogen-bond donors (Lipinski definition) is 0. The lowest BCUT2D eigenvalue weighted by Crippen LogP contribution is -2.40. The average Bonchev–Trinajstić information content (AvgIpc) is 3.25. The van der Waals surface area contributed by atoms with Gasteiger partial charge in [-0.2, -0.15) is 0 Å². The predicted octanol–water partition coefficient (Wildman–Crippen LogP) is 1.46. The van der Waals surface area contributed by atoms with E-state index in [0.717, 1.165) is 51.1 Å². The van der Waals surface area contributed by atoms with Crippen LogP contribution in [0.2, 0.25) is 0 Å². The lowest BCUT2D eigenvalue weighted by Gasteiger charge is -2.23. The average molecular weight is 287 g/mol. The van der Waals surface area contributed by atoms with Crippen LogP contribution in [0.15, 0.2) is 6.33 Å². The van der Waals surface area contributed by atoms with Gasteiger partial charge in [0.15, 0.2) is 0 Å². The van der Waals surface area contributed by atoms with Crippen LogP contribution in [0.5, 0.6) is 0 Å². The zero-order chi connectivity index (χ0) is 14.2. The van der Waals surface area contributed by atoms with Crippen molar-refractivity contribution in [3.63, 3.8) is 0 Å². The Kier molecular flexibility index (Phi) is 3.37. The van der Waals surface area contributed by atoms with E-state index < -0.39 is 0 Å². The lowest BCUT2D eigenvalue weighted by atomic mass is 10.0. The van der Waals surface area contributed by atoms with Gasteiger partial charge in [-0.1, -0.05) is 0 Å². The molecule has 5 nitrogen and oxygen atoms in total. The third-order valence-electron chi connectivity index (χ3n) is 4.80. The van der Waals surface area contributed by atoms with Crippen LogP contribution < -0.4 is 0 Å². The van der Waals surface area contributed by atoms with E-state index in [9.17, 15) is 4.79 Å². The second kappa shape index (κ2) is 5.37. The number of amides is 1. The van der Waals surface area contributed by atoms with Crippen LogP contribution in [0.1, 0.15) is 48.6 Å². The molecule has 0 spiro atoms. The fourth-order valence-corrected chi connectivity index (χ4v) is 3.46. The zero-order valence-corrected chi connectivity index (χ0v) is 12.3. The van der Waals surface area contributed by atoms with Crippen molar-refractivity contribution in [2.45, 2.75) is 50.5 Å². The molecule has 0 N–H and O–H groups in total. The fourth-order valence-electron chi connectivity index (χ4n) is 3.46. The molecule has 1 saturated heterocycles. The van der Waals surface area contributed by atoms with E-state index in [0.29, 0.717) is 5.92 Å². The summed E-state index contributed by atoms with van der Waals surface area (Å²) in [6, 6.07) is 0. The first kappa shape index (κ1) is 13.2. The molecule has 4 rings (SSSR count). The molecule has 0 bridgehead atoms. The normalized spacial score (nSPS) is 25.5. The number of ether oxygens (including phenoxy) is 1. The Bertz CT molecular complexity index is 550. The minimum absolute atomic E-state index is 0.168. The molecule has 1 saturated carbocycles. The van der Waals surface area contributed by atoms with Gasteiger partial charge < -0.3 is 9.64 Å². The molecule has 3 heterocycles. The highest BCUT2D eigenvalue weighted by Crippen LogP contribution is 2.41. The van der Waals surface area contributed by atoms with Gasteiger partial charge in [0.25, 0.3) is 5.91 Å². The van der Waals surface area contributed by atoms with Crippen LogP contribution in [0, 0.1) is 0 Å². The van der Waals surface area contributed by atoms with Gasteiger partial charge in [0.1, 0.15) is 12.4 Å². The molecule has 3 aliphatic rings. The van der Waals surface area contributed by atoms with Gasteiger partial charge in [-0.15, -0.1) is 0 Å². The molecule has 112 valence electrons. The molecular weight excluding hydrogens is 266 g/mol. The van der Waals surface area contributed by atoms with E-state index >= 15 is 0 Å². The number of nitrogens with zero attached hydrogens (tertiary/aromatic N) is 3. The van der Waals surface area contributed by atoms with E-state index in [1.807, 2.05) is 4.90 Å². The summed E-state index contributed by atoms with van der Waals surface area (Å²) < 4.78 is 5.54. The molecule has 1 aromatic rings. The molecule has 2 aliphatic heterocycles. The van der Waals surface area contributed by atoms with Gasteiger partial charge in [-0.25, -0.2) is 9.97 Å². The second-order valence-corrected chi connectivity index (χ2v) is 6.29. The van der Waals surface area contributed by atoms with Crippen molar-refractivity contribution in [2.24, 2.45) is 0 Å². The summed E-state index contributed by atoms with van der Waals surface area (Å²) in [7, 11) is 0. The number of hydrogen-bond acceptors (Lipinski definition) is 4. The summed E-state index contributed by atoms with van der Waals surface area (Å²) in [5, 5.41) is 0. The van der Waals surface area contributed by atoms with E-state index in [-0.39, 0.29) is 12.0 Å². The van der Waals surface area contributed by atoms with E-state index in [4.69, 9.17) is 4.74 Å². The van der Waals surface area contributed by atoms with Crippen molar-refractivity contribution >= 4 is 5.91 Å². The fraction of sp³-hybridized carbons (Fsp3) is 0.688. The molecule has 0 radical (unpaired) electrons.